The lowest BCUT2D eigenvalue weighted by Crippen LogP contribution is -2.09. The molecule has 0 aliphatic carbocycles. The van der Waals surface area contributed by atoms with E-state index < -0.39 is 0 Å². The van der Waals surface area contributed by atoms with Crippen LogP contribution in [0.4, 0.5) is 5.95 Å². The average molecular weight is 216 g/mol. The average Bonchev–Trinajstić information content (AvgIpc) is 2.59. The third-order valence-electron chi connectivity index (χ3n) is 2.39. The van der Waals surface area contributed by atoms with Crippen LogP contribution in [0.15, 0.2) is 30.6 Å². The maximum atomic E-state index is 4.37. The highest BCUT2D eigenvalue weighted by Crippen LogP contribution is 2.05. The van der Waals surface area contributed by atoms with Crippen molar-refractivity contribution in [3.63, 3.8) is 0 Å². The first-order valence-electron chi connectivity index (χ1n) is 5.39. The Morgan fingerprint density at radius 3 is 2.88 bits per heavy atom. The van der Waals surface area contributed by atoms with Crippen molar-refractivity contribution in [2.45, 2.75) is 13.3 Å². The summed E-state index contributed by atoms with van der Waals surface area (Å²) in [6.07, 6.45) is 4.73. The second-order valence-corrected chi connectivity index (χ2v) is 3.81. The molecular weight excluding hydrogens is 200 g/mol. The second kappa shape index (κ2) is 4.79. The molecule has 16 heavy (non-hydrogen) atoms. The van der Waals surface area contributed by atoms with E-state index in [1.807, 2.05) is 49.1 Å². The van der Waals surface area contributed by atoms with Crippen LogP contribution in [0.2, 0.25) is 0 Å². The van der Waals surface area contributed by atoms with Gasteiger partial charge < -0.3 is 9.88 Å². The van der Waals surface area contributed by atoms with Crippen molar-refractivity contribution in [1.29, 1.82) is 0 Å². The van der Waals surface area contributed by atoms with Crippen molar-refractivity contribution in [2.75, 3.05) is 11.9 Å². The van der Waals surface area contributed by atoms with Crippen LogP contribution >= 0.6 is 0 Å². The maximum Gasteiger partial charge on any atom is 0.202 e. The van der Waals surface area contributed by atoms with E-state index in [1.165, 1.54) is 0 Å². The Bertz CT molecular complexity index is 447. The van der Waals surface area contributed by atoms with Gasteiger partial charge in [0, 0.05) is 38.1 Å². The monoisotopic (exact) mass is 216 g/mol. The van der Waals surface area contributed by atoms with Crippen LogP contribution in [0.5, 0.6) is 0 Å². The smallest absolute Gasteiger partial charge is 0.202 e. The Labute approximate surface area is 95.4 Å². The van der Waals surface area contributed by atoms with Crippen LogP contribution < -0.4 is 5.32 Å². The summed E-state index contributed by atoms with van der Waals surface area (Å²) in [5.74, 6) is 0.911. The Morgan fingerprint density at radius 1 is 1.38 bits per heavy atom. The van der Waals surface area contributed by atoms with Gasteiger partial charge in [0.1, 0.15) is 0 Å². The van der Waals surface area contributed by atoms with Crippen molar-refractivity contribution in [2.24, 2.45) is 7.05 Å². The van der Waals surface area contributed by atoms with Crippen LogP contribution in [0.25, 0.3) is 0 Å². The number of aromatic nitrogens is 3. The first-order valence-corrected chi connectivity index (χ1v) is 5.39. The van der Waals surface area contributed by atoms with E-state index >= 15 is 0 Å². The molecule has 0 spiro atoms. The fourth-order valence-corrected chi connectivity index (χ4v) is 1.63. The van der Waals surface area contributed by atoms with Crippen molar-refractivity contribution >= 4 is 5.95 Å². The fourth-order valence-electron chi connectivity index (χ4n) is 1.63. The molecular formula is C12H16N4. The summed E-state index contributed by atoms with van der Waals surface area (Å²) in [5.41, 5.74) is 2.13. The molecule has 0 saturated heterocycles. The molecule has 4 heteroatoms. The highest BCUT2D eigenvalue weighted by Gasteiger charge is 2.00. The van der Waals surface area contributed by atoms with Crippen molar-refractivity contribution in [3.8, 4) is 0 Å². The molecule has 0 atom stereocenters. The van der Waals surface area contributed by atoms with Crippen LogP contribution in [0.3, 0.4) is 0 Å². The third-order valence-corrected chi connectivity index (χ3v) is 2.39. The van der Waals surface area contributed by atoms with Crippen molar-refractivity contribution in [1.82, 2.24) is 14.5 Å². The molecule has 0 bridgehead atoms. The zero-order chi connectivity index (χ0) is 11.4. The first-order chi connectivity index (χ1) is 7.75. The van der Waals surface area contributed by atoms with Crippen molar-refractivity contribution < 1.29 is 0 Å². The summed E-state index contributed by atoms with van der Waals surface area (Å²) >= 11 is 0. The topological polar surface area (TPSA) is 42.7 Å². The lowest BCUT2D eigenvalue weighted by molar-refractivity contribution is 0.880. The number of hydrogen-bond donors (Lipinski definition) is 1. The second-order valence-electron chi connectivity index (χ2n) is 3.81. The Kier molecular flexibility index (Phi) is 3.19. The van der Waals surface area contributed by atoms with Crippen LogP contribution in [-0.2, 0) is 13.5 Å². The van der Waals surface area contributed by atoms with Gasteiger partial charge in [-0.25, -0.2) is 4.98 Å². The minimum Gasteiger partial charge on any atom is -0.355 e. The zero-order valence-corrected chi connectivity index (χ0v) is 9.64. The minimum absolute atomic E-state index is 0.849. The minimum atomic E-state index is 0.849. The van der Waals surface area contributed by atoms with Gasteiger partial charge in [-0.15, -0.1) is 0 Å². The highest BCUT2D eigenvalue weighted by molar-refractivity contribution is 5.28. The van der Waals surface area contributed by atoms with E-state index in [9.17, 15) is 0 Å². The number of pyridine rings is 1. The van der Waals surface area contributed by atoms with Gasteiger partial charge in [0.25, 0.3) is 0 Å². The number of aryl methyl sites for hydroxylation is 2. The van der Waals surface area contributed by atoms with Gasteiger partial charge in [-0.1, -0.05) is 6.07 Å². The van der Waals surface area contributed by atoms with Gasteiger partial charge >= 0.3 is 0 Å². The van der Waals surface area contributed by atoms with Crippen LogP contribution in [0.1, 0.15) is 11.4 Å². The summed E-state index contributed by atoms with van der Waals surface area (Å²) in [4.78, 5) is 8.64. The van der Waals surface area contributed by atoms with Gasteiger partial charge in [0.05, 0.1) is 5.69 Å². The molecule has 0 saturated carbocycles. The Morgan fingerprint density at radius 2 is 2.25 bits per heavy atom. The number of nitrogens with zero attached hydrogens (tertiary/aromatic N) is 3. The predicted octanol–water partition coefficient (Wildman–Crippen LogP) is 1.78. The van der Waals surface area contributed by atoms with Gasteiger partial charge in [0.2, 0.25) is 5.95 Å². The fraction of sp³-hybridized carbons (Fsp3) is 0.333. The van der Waals surface area contributed by atoms with E-state index in [0.29, 0.717) is 0 Å². The first kappa shape index (κ1) is 10.7. The molecule has 2 aromatic rings. The lowest BCUT2D eigenvalue weighted by atomic mass is 10.3. The normalized spacial score (nSPS) is 10.4. The zero-order valence-electron chi connectivity index (χ0n) is 9.64. The van der Waals surface area contributed by atoms with Gasteiger partial charge in [-0.05, 0) is 19.1 Å². The summed E-state index contributed by atoms with van der Waals surface area (Å²) < 4.78 is 1.99. The molecule has 1 N–H and O–H groups in total. The van der Waals surface area contributed by atoms with Gasteiger partial charge in [0.15, 0.2) is 0 Å². The molecule has 0 fully saturated rings. The van der Waals surface area contributed by atoms with E-state index in [-0.39, 0.29) is 0 Å². The lowest BCUT2D eigenvalue weighted by Gasteiger charge is -2.05. The molecule has 0 aliphatic heterocycles. The molecule has 0 radical (unpaired) electrons. The Hall–Kier alpha value is -1.84. The molecule has 0 unspecified atom stereocenters. The summed E-state index contributed by atoms with van der Waals surface area (Å²) in [5, 5.41) is 3.29. The molecule has 84 valence electrons. The molecule has 0 aliphatic rings. The molecule has 2 aromatic heterocycles. The number of nitrogens with one attached hydrogen (secondary N) is 1. The number of anilines is 1. The Balaban J connectivity index is 1.87. The van der Waals surface area contributed by atoms with E-state index in [0.717, 1.165) is 30.3 Å². The highest BCUT2D eigenvalue weighted by atomic mass is 15.2. The maximum absolute atomic E-state index is 4.37. The third kappa shape index (κ3) is 2.59. The van der Waals surface area contributed by atoms with Crippen molar-refractivity contribution in [3.05, 3.63) is 42.0 Å². The molecule has 2 rings (SSSR count). The van der Waals surface area contributed by atoms with Gasteiger partial charge in [-0.3, -0.25) is 4.98 Å². The molecule has 0 amide bonds. The van der Waals surface area contributed by atoms with Crippen LogP contribution in [-0.4, -0.2) is 21.1 Å². The largest absolute Gasteiger partial charge is 0.355 e. The SMILES string of the molecule is Cc1cn(C)c(NCCc2ccccn2)n1. The molecule has 0 aromatic carbocycles. The van der Waals surface area contributed by atoms with Gasteiger partial charge in [-0.2, -0.15) is 0 Å². The predicted molar refractivity (Wildman–Crippen MR) is 64.4 cm³/mol. The molecule has 2 heterocycles. The van der Waals surface area contributed by atoms with E-state index in [2.05, 4.69) is 15.3 Å². The number of rotatable bonds is 4. The number of hydrogen-bond acceptors (Lipinski definition) is 3. The van der Waals surface area contributed by atoms with E-state index in [4.69, 9.17) is 0 Å². The standard InChI is InChI=1S/C12H16N4/c1-10-9-16(2)12(15-10)14-8-6-11-5-3-4-7-13-11/h3-5,7,9H,6,8H2,1-2H3,(H,14,15). The summed E-state index contributed by atoms with van der Waals surface area (Å²) in [6, 6.07) is 5.97. The van der Waals surface area contributed by atoms with E-state index in [1.54, 1.807) is 0 Å². The summed E-state index contributed by atoms with van der Waals surface area (Å²) in [6.45, 7) is 2.84. The van der Waals surface area contributed by atoms with Crippen LogP contribution in [0, 0.1) is 6.92 Å². The number of imidazole rings is 1. The quantitative estimate of drug-likeness (QED) is 0.847. The molecule has 4 nitrogen and oxygen atoms in total. The summed E-state index contributed by atoms with van der Waals surface area (Å²) in [7, 11) is 1.99.